The first kappa shape index (κ1) is 15.1. The van der Waals surface area contributed by atoms with Crippen molar-refractivity contribution in [3.8, 4) is 0 Å². The fourth-order valence-electron chi connectivity index (χ4n) is 4.84. The Bertz CT molecular complexity index is 766. The van der Waals surface area contributed by atoms with E-state index >= 15 is 0 Å². The molecule has 7 heteroatoms. The molecule has 1 aliphatic carbocycles. The maximum Gasteiger partial charge on any atom is 0.235 e. The predicted molar refractivity (Wildman–Crippen MR) is 87.7 cm³/mol. The van der Waals surface area contributed by atoms with E-state index in [2.05, 4.69) is 10.5 Å². The van der Waals surface area contributed by atoms with E-state index in [0.717, 1.165) is 25.7 Å². The Hall–Kier alpha value is -2.15. The van der Waals surface area contributed by atoms with Gasteiger partial charge in [-0.2, -0.15) is 0 Å². The number of hydrogen-bond donors (Lipinski definition) is 1. The maximum absolute atomic E-state index is 13.1. The van der Waals surface area contributed by atoms with E-state index in [-0.39, 0.29) is 24.0 Å². The summed E-state index contributed by atoms with van der Waals surface area (Å²) in [6.45, 7) is 2.17. The van der Waals surface area contributed by atoms with Gasteiger partial charge in [0.25, 0.3) is 0 Å². The molecule has 2 amide bonds. The van der Waals surface area contributed by atoms with Gasteiger partial charge < -0.3 is 14.6 Å². The first-order valence-corrected chi connectivity index (χ1v) is 9.00. The monoisotopic (exact) mass is 343 g/mol. The summed E-state index contributed by atoms with van der Waals surface area (Å²) in [6, 6.07) is 1.97. The van der Waals surface area contributed by atoms with E-state index in [1.165, 1.54) is 0 Å². The van der Waals surface area contributed by atoms with Crippen LogP contribution in [0.3, 0.4) is 0 Å². The molecule has 1 aromatic rings. The number of carbonyl (C=O) groups excluding carboxylic acids is 2. The summed E-state index contributed by atoms with van der Waals surface area (Å²) in [7, 11) is 0. The zero-order chi connectivity index (χ0) is 17.2. The number of nitrogens with zero attached hydrogens (tertiary/aromatic N) is 2. The summed E-state index contributed by atoms with van der Waals surface area (Å²) >= 11 is 0. The molecule has 0 radical (unpaired) electrons. The van der Waals surface area contributed by atoms with Crippen molar-refractivity contribution in [2.75, 3.05) is 11.4 Å². The first-order valence-electron chi connectivity index (χ1n) is 9.00. The molecule has 1 spiro atoms. The standard InChI is InChI=1S/C18H21N3O4/c1-10-8-13(20-25-10)21-9-18-7-6-12(24-18)14(15(18)17(21)23)16(22)19-11-4-2-3-5-11/h6-8,11-12,14-15H,2-5,9H2,1H3,(H,19,22)/t12-,14+,15-,18+/m1/s1. The minimum Gasteiger partial charge on any atom is -0.360 e. The lowest BCUT2D eigenvalue weighted by Crippen LogP contribution is -2.46. The summed E-state index contributed by atoms with van der Waals surface area (Å²) in [5.41, 5.74) is -0.716. The zero-order valence-electron chi connectivity index (χ0n) is 14.1. The Morgan fingerprint density at radius 1 is 1.40 bits per heavy atom. The Morgan fingerprint density at radius 3 is 2.92 bits per heavy atom. The summed E-state index contributed by atoms with van der Waals surface area (Å²) in [5.74, 6) is 0.0266. The smallest absolute Gasteiger partial charge is 0.235 e. The van der Waals surface area contributed by atoms with Crippen molar-refractivity contribution in [3.63, 3.8) is 0 Å². The molecule has 7 nitrogen and oxygen atoms in total. The van der Waals surface area contributed by atoms with Crippen LogP contribution in [0.1, 0.15) is 31.4 Å². The molecule has 25 heavy (non-hydrogen) atoms. The van der Waals surface area contributed by atoms with Gasteiger partial charge in [0.05, 0.1) is 24.5 Å². The normalized spacial score (nSPS) is 36.4. The SMILES string of the molecule is Cc1cc(N2C[C@]34C=C[C@@H](O3)[C@H](C(=O)NC3CCCC3)[C@@H]4C2=O)no1. The van der Waals surface area contributed by atoms with Crippen molar-refractivity contribution in [1.82, 2.24) is 10.5 Å². The van der Waals surface area contributed by atoms with Crippen LogP contribution in [0.5, 0.6) is 0 Å². The molecule has 5 rings (SSSR count). The van der Waals surface area contributed by atoms with Crippen molar-refractivity contribution in [1.29, 1.82) is 0 Å². The van der Waals surface area contributed by atoms with Gasteiger partial charge in [0.15, 0.2) is 5.82 Å². The Balaban J connectivity index is 1.42. The average molecular weight is 343 g/mol. The molecule has 1 N–H and O–H groups in total. The molecule has 3 fully saturated rings. The predicted octanol–water partition coefficient (Wildman–Crippen LogP) is 1.33. The number of carbonyl (C=O) groups is 2. The fraction of sp³-hybridized carbons (Fsp3) is 0.611. The molecule has 132 valence electrons. The lowest BCUT2D eigenvalue weighted by atomic mass is 9.76. The van der Waals surface area contributed by atoms with Gasteiger partial charge in [-0.1, -0.05) is 30.2 Å². The van der Waals surface area contributed by atoms with Gasteiger partial charge >= 0.3 is 0 Å². The van der Waals surface area contributed by atoms with Gasteiger partial charge in [-0.15, -0.1) is 0 Å². The topological polar surface area (TPSA) is 84.7 Å². The summed E-state index contributed by atoms with van der Waals surface area (Å²) in [5, 5.41) is 7.09. The molecule has 2 bridgehead atoms. The number of rotatable bonds is 3. The minimum absolute atomic E-state index is 0.0559. The summed E-state index contributed by atoms with van der Waals surface area (Å²) in [4.78, 5) is 27.6. The quantitative estimate of drug-likeness (QED) is 0.837. The van der Waals surface area contributed by atoms with Gasteiger partial charge in [0.2, 0.25) is 11.8 Å². The summed E-state index contributed by atoms with van der Waals surface area (Å²) < 4.78 is 11.2. The van der Waals surface area contributed by atoms with E-state index < -0.39 is 17.4 Å². The van der Waals surface area contributed by atoms with Crippen LogP contribution in [-0.4, -0.2) is 41.3 Å². The number of aromatic nitrogens is 1. The maximum atomic E-state index is 13.1. The second-order valence-corrected chi connectivity index (χ2v) is 7.61. The molecular weight excluding hydrogens is 322 g/mol. The fourth-order valence-corrected chi connectivity index (χ4v) is 4.84. The number of hydrogen-bond acceptors (Lipinski definition) is 5. The van der Waals surface area contributed by atoms with E-state index in [9.17, 15) is 9.59 Å². The van der Waals surface area contributed by atoms with E-state index in [0.29, 0.717) is 18.1 Å². The molecule has 0 aromatic carbocycles. The lowest BCUT2D eigenvalue weighted by Gasteiger charge is -2.24. The molecule has 3 aliphatic heterocycles. The second-order valence-electron chi connectivity index (χ2n) is 7.61. The van der Waals surface area contributed by atoms with Crippen molar-refractivity contribution in [2.24, 2.45) is 11.8 Å². The molecule has 2 saturated heterocycles. The van der Waals surface area contributed by atoms with E-state index in [4.69, 9.17) is 9.26 Å². The van der Waals surface area contributed by atoms with Crippen molar-refractivity contribution in [3.05, 3.63) is 24.0 Å². The highest BCUT2D eigenvalue weighted by molar-refractivity contribution is 6.02. The number of anilines is 1. The van der Waals surface area contributed by atoms with Gasteiger partial charge in [-0.3, -0.25) is 14.5 Å². The molecule has 0 unspecified atom stereocenters. The number of amides is 2. The van der Waals surface area contributed by atoms with E-state index in [1.54, 1.807) is 17.9 Å². The van der Waals surface area contributed by atoms with Crippen molar-refractivity contribution >= 4 is 17.6 Å². The molecule has 1 aromatic heterocycles. The van der Waals surface area contributed by atoms with Crippen LogP contribution in [-0.2, 0) is 14.3 Å². The van der Waals surface area contributed by atoms with Gasteiger partial charge in [-0.25, -0.2) is 0 Å². The molecule has 4 heterocycles. The first-order chi connectivity index (χ1) is 12.1. The lowest BCUT2D eigenvalue weighted by molar-refractivity contribution is -0.132. The minimum atomic E-state index is -0.716. The van der Waals surface area contributed by atoms with Crippen molar-refractivity contribution in [2.45, 2.75) is 50.4 Å². The van der Waals surface area contributed by atoms with Gasteiger partial charge in [0.1, 0.15) is 11.4 Å². The number of fused-ring (bicyclic) bond motifs is 1. The van der Waals surface area contributed by atoms with Crippen LogP contribution in [0.25, 0.3) is 0 Å². The largest absolute Gasteiger partial charge is 0.360 e. The summed E-state index contributed by atoms with van der Waals surface area (Å²) in [6.07, 6.45) is 7.92. The van der Waals surface area contributed by atoms with E-state index in [1.807, 2.05) is 12.2 Å². The van der Waals surface area contributed by atoms with Crippen LogP contribution in [0.4, 0.5) is 5.82 Å². The third kappa shape index (κ3) is 2.11. The third-order valence-electron chi connectivity index (χ3n) is 6.00. The van der Waals surface area contributed by atoms with Crippen LogP contribution in [0.2, 0.25) is 0 Å². The van der Waals surface area contributed by atoms with Gasteiger partial charge in [0, 0.05) is 12.1 Å². The number of aryl methyl sites for hydroxylation is 1. The highest BCUT2D eigenvalue weighted by Gasteiger charge is 2.67. The average Bonchev–Trinajstić information content (AvgIpc) is 3.36. The molecular formula is C18H21N3O4. The van der Waals surface area contributed by atoms with Crippen LogP contribution < -0.4 is 10.2 Å². The highest BCUT2D eigenvalue weighted by Crippen LogP contribution is 2.52. The van der Waals surface area contributed by atoms with Gasteiger partial charge in [-0.05, 0) is 19.8 Å². The zero-order valence-corrected chi connectivity index (χ0v) is 14.1. The van der Waals surface area contributed by atoms with Crippen LogP contribution in [0, 0.1) is 18.8 Å². The Morgan fingerprint density at radius 2 is 2.20 bits per heavy atom. The number of nitrogens with one attached hydrogen (secondary N) is 1. The molecule has 1 saturated carbocycles. The number of ether oxygens (including phenoxy) is 1. The van der Waals surface area contributed by atoms with Crippen LogP contribution in [0.15, 0.2) is 22.7 Å². The van der Waals surface area contributed by atoms with Crippen LogP contribution >= 0.6 is 0 Å². The second kappa shape index (κ2) is 5.17. The third-order valence-corrected chi connectivity index (χ3v) is 6.00. The Labute approximate surface area is 145 Å². The highest BCUT2D eigenvalue weighted by atomic mass is 16.5. The molecule has 4 aliphatic rings. The molecule has 4 atom stereocenters. The van der Waals surface area contributed by atoms with Crippen molar-refractivity contribution < 1.29 is 18.8 Å². The Kier molecular flexibility index (Phi) is 3.13.